The van der Waals surface area contributed by atoms with Crippen LogP contribution in [-0.2, 0) is 9.59 Å². The molecule has 9 heteroatoms. The third-order valence-corrected chi connectivity index (χ3v) is 4.67. The van der Waals surface area contributed by atoms with Crippen LogP contribution in [0.15, 0.2) is 33.7 Å². The highest BCUT2D eigenvalue weighted by molar-refractivity contribution is 14.0. The van der Waals surface area contributed by atoms with Gasteiger partial charge in [0.15, 0.2) is 5.96 Å². The number of hydrogen-bond acceptors (Lipinski definition) is 3. The summed E-state index contributed by atoms with van der Waals surface area (Å²) in [4.78, 5) is 30.0. The second-order valence-electron chi connectivity index (χ2n) is 6.33. The van der Waals surface area contributed by atoms with E-state index in [1.54, 1.807) is 0 Å². The van der Waals surface area contributed by atoms with Crippen molar-refractivity contribution in [3.63, 3.8) is 0 Å². The van der Waals surface area contributed by atoms with Crippen LogP contribution >= 0.6 is 39.9 Å². The van der Waals surface area contributed by atoms with Gasteiger partial charge in [0.05, 0.1) is 0 Å². The van der Waals surface area contributed by atoms with E-state index in [0.717, 1.165) is 42.6 Å². The number of guanidine groups is 1. The molecule has 2 amide bonds. The topological polar surface area (TPSA) is 85.8 Å². The normalized spacial score (nSPS) is 13.9. The number of carbonyl (C=O) groups is 2. The van der Waals surface area contributed by atoms with E-state index in [1.807, 2.05) is 36.1 Å². The third kappa shape index (κ3) is 9.22. The van der Waals surface area contributed by atoms with Crippen molar-refractivity contribution in [3.8, 4) is 0 Å². The molecule has 156 valence electrons. The molecule has 1 heterocycles. The first-order valence-corrected chi connectivity index (χ1v) is 10.2. The monoisotopic (exact) mass is 565 g/mol. The molecule has 0 aromatic heterocycles. The molecule has 3 N–H and O–H groups in total. The maximum atomic E-state index is 12.0. The first kappa shape index (κ1) is 24.7. The van der Waals surface area contributed by atoms with Crippen molar-refractivity contribution in [2.45, 2.75) is 32.6 Å². The predicted molar refractivity (Wildman–Crippen MR) is 127 cm³/mol. The summed E-state index contributed by atoms with van der Waals surface area (Å²) in [6, 6.07) is 7.48. The van der Waals surface area contributed by atoms with Gasteiger partial charge in [-0.3, -0.25) is 14.6 Å². The highest BCUT2D eigenvalue weighted by atomic mass is 127. The van der Waals surface area contributed by atoms with Crippen LogP contribution in [0.25, 0.3) is 0 Å². The molecule has 0 radical (unpaired) electrons. The van der Waals surface area contributed by atoms with Crippen molar-refractivity contribution in [1.82, 2.24) is 15.5 Å². The fourth-order valence-corrected chi connectivity index (χ4v) is 3.05. The van der Waals surface area contributed by atoms with Crippen LogP contribution in [0.1, 0.15) is 32.6 Å². The van der Waals surface area contributed by atoms with Crippen LogP contribution in [-0.4, -0.2) is 55.4 Å². The Morgan fingerprint density at radius 3 is 2.64 bits per heavy atom. The number of halogens is 2. The number of carbonyl (C=O) groups excluding carboxylic acids is 2. The number of amides is 2. The molecule has 1 saturated heterocycles. The summed E-state index contributed by atoms with van der Waals surface area (Å²) >= 11 is 3.37. The van der Waals surface area contributed by atoms with E-state index in [2.05, 4.69) is 36.9 Å². The summed E-state index contributed by atoms with van der Waals surface area (Å²) in [5.74, 6) is 0.899. The summed E-state index contributed by atoms with van der Waals surface area (Å²) in [5.41, 5.74) is 0.778. The fourth-order valence-electron chi connectivity index (χ4n) is 2.79. The van der Waals surface area contributed by atoms with Crippen LogP contribution in [0.4, 0.5) is 5.69 Å². The molecule has 0 atom stereocenters. The van der Waals surface area contributed by atoms with Crippen molar-refractivity contribution in [2.24, 2.45) is 4.99 Å². The molecular formula is C19H29BrIN5O2. The van der Waals surface area contributed by atoms with Gasteiger partial charge in [0.25, 0.3) is 0 Å². The molecule has 1 aliphatic heterocycles. The molecule has 1 fully saturated rings. The van der Waals surface area contributed by atoms with Gasteiger partial charge in [0.1, 0.15) is 0 Å². The Kier molecular flexibility index (Phi) is 12.1. The fraction of sp³-hybridized carbons (Fsp3) is 0.526. The lowest BCUT2D eigenvalue weighted by Crippen LogP contribution is -2.39. The van der Waals surface area contributed by atoms with Gasteiger partial charge >= 0.3 is 0 Å². The lowest BCUT2D eigenvalue weighted by Gasteiger charge is -2.15. The molecule has 0 unspecified atom stereocenters. The smallest absolute Gasteiger partial charge is 0.226 e. The second-order valence-corrected chi connectivity index (χ2v) is 7.25. The van der Waals surface area contributed by atoms with E-state index in [1.165, 1.54) is 0 Å². The minimum Gasteiger partial charge on any atom is -0.357 e. The van der Waals surface area contributed by atoms with Gasteiger partial charge in [-0.05, 0) is 44.0 Å². The van der Waals surface area contributed by atoms with E-state index in [4.69, 9.17) is 0 Å². The van der Waals surface area contributed by atoms with Crippen molar-refractivity contribution in [3.05, 3.63) is 28.7 Å². The quantitative estimate of drug-likeness (QED) is 0.186. The molecule has 2 rings (SSSR count). The first-order valence-electron chi connectivity index (χ1n) is 9.44. The van der Waals surface area contributed by atoms with E-state index in [-0.39, 0.29) is 35.8 Å². The van der Waals surface area contributed by atoms with Crippen molar-refractivity contribution in [1.29, 1.82) is 0 Å². The van der Waals surface area contributed by atoms with Crippen molar-refractivity contribution in [2.75, 3.05) is 38.0 Å². The van der Waals surface area contributed by atoms with E-state index in [0.29, 0.717) is 31.9 Å². The molecule has 0 spiro atoms. The molecule has 28 heavy (non-hydrogen) atoms. The molecular weight excluding hydrogens is 537 g/mol. The van der Waals surface area contributed by atoms with Gasteiger partial charge in [0, 0.05) is 55.7 Å². The maximum Gasteiger partial charge on any atom is 0.226 e. The largest absolute Gasteiger partial charge is 0.357 e. The number of aliphatic imine (C=N–C) groups is 1. The zero-order valence-corrected chi connectivity index (χ0v) is 20.1. The zero-order valence-electron chi connectivity index (χ0n) is 16.2. The van der Waals surface area contributed by atoms with E-state index in [9.17, 15) is 9.59 Å². The summed E-state index contributed by atoms with van der Waals surface area (Å²) in [6.45, 7) is 5.52. The second kappa shape index (κ2) is 13.8. The minimum absolute atomic E-state index is 0. The SMILES string of the molecule is CCNC(=NCCCN1CCCC1=O)NCCC(=O)Nc1ccc(Br)cc1.I. The Labute approximate surface area is 192 Å². The molecule has 7 nitrogen and oxygen atoms in total. The number of benzene rings is 1. The van der Waals surface area contributed by atoms with Crippen molar-refractivity contribution >= 4 is 63.4 Å². The Hall–Kier alpha value is -1.36. The first-order chi connectivity index (χ1) is 13.1. The van der Waals surface area contributed by atoms with Gasteiger partial charge < -0.3 is 20.9 Å². The van der Waals surface area contributed by atoms with Gasteiger partial charge in [0.2, 0.25) is 11.8 Å². The number of nitrogens with one attached hydrogen (secondary N) is 3. The van der Waals surface area contributed by atoms with Gasteiger partial charge in [-0.25, -0.2) is 0 Å². The number of likely N-dealkylation sites (tertiary alicyclic amines) is 1. The summed E-state index contributed by atoms with van der Waals surface area (Å²) in [7, 11) is 0. The van der Waals surface area contributed by atoms with Crippen LogP contribution in [0, 0.1) is 0 Å². The van der Waals surface area contributed by atoms with Gasteiger partial charge in [-0.1, -0.05) is 15.9 Å². The highest BCUT2D eigenvalue weighted by Crippen LogP contribution is 2.14. The van der Waals surface area contributed by atoms with Crippen LogP contribution in [0.2, 0.25) is 0 Å². The number of hydrogen-bond donors (Lipinski definition) is 3. The van der Waals surface area contributed by atoms with Crippen LogP contribution < -0.4 is 16.0 Å². The van der Waals surface area contributed by atoms with Crippen molar-refractivity contribution < 1.29 is 9.59 Å². The summed E-state index contributed by atoms with van der Waals surface area (Å²) in [5, 5.41) is 9.21. The zero-order chi connectivity index (χ0) is 19.5. The Morgan fingerprint density at radius 2 is 2.00 bits per heavy atom. The average Bonchev–Trinajstić information content (AvgIpc) is 3.05. The lowest BCUT2D eigenvalue weighted by atomic mass is 10.3. The van der Waals surface area contributed by atoms with E-state index < -0.39 is 0 Å². The highest BCUT2D eigenvalue weighted by Gasteiger charge is 2.18. The third-order valence-electron chi connectivity index (χ3n) is 4.14. The average molecular weight is 566 g/mol. The molecule has 0 bridgehead atoms. The van der Waals surface area contributed by atoms with Gasteiger partial charge in [-0.15, -0.1) is 24.0 Å². The minimum atomic E-state index is -0.0479. The maximum absolute atomic E-state index is 12.0. The molecule has 1 aliphatic rings. The molecule has 0 aliphatic carbocycles. The molecule has 0 saturated carbocycles. The number of anilines is 1. The van der Waals surface area contributed by atoms with E-state index >= 15 is 0 Å². The molecule has 1 aromatic carbocycles. The Balaban J connectivity index is 0.00000392. The van der Waals surface area contributed by atoms with Crippen LogP contribution in [0.3, 0.4) is 0 Å². The van der Waals surface area contributed by atoms with Crippen LogP contribution in [0.5, 0.6) is 0 Å². The summed E-state index contributed by atoms with van der Waals surface area (Å²) < 4.78 is 0.975. The number of nitrogens with zero attached hydrogens (tertiary/aromatic N) is 2. The molecule has 1 aromatic rings. The standard InChI is InChI=1S/C19H28BrN5O2.HI/c1-2-21-19(22-11-4-14-25-13-3-5-18(25)27)23-12-10-17(26)24-16-8-6-15(20)7-9-16;/h6-9H,2-5,10-14H2,1H3,(H,24,26)(H2,21,22,23);1H. The Morgan fingerprint density at radius 1 is 1.25 bits per heavy atom. The number of rotatable bonds is 9. The summed E-state index contributed by atoms with van der Waals surface area (Å²) in [6.07, 6.45) is 2.83. The van der Waals surface area contributed by atoms with Gasteiger partial charge in [-0.2, -0.15) is 0 Å². The lowest BCUT2D eigenvalue weighted by molar-refractivity contribution is -0.127. The predicted octanol–water partition coefficient (Wildman–Crippen LogP) is 2.96. The Bertz CT molecular complexity index is 654.